The van der Waals surface area contributed by atoms with Crippen LogP contribution in [0, 0.1) is 11.3 Å². The number of nitrogens with zero attached hydrogens (tertiary/aromatic N) is 3. The van der Waals surface area contributed by atoms with E-state index < -0.39 is 10.0 Å². The topological polar surface area (TPSA) is 66.1 Å². The molecule has 0 bridgehead atoms. The van der Waals surface area contributed by atoms with Gasteiger partial charge in [0, 0.05) is 25.0 Å². The molecule has 0 radical (unpaired) electrons. The van der Waals surface area contributed by atoms with E-state index >= 15 is 0 Å². The molecule has 1 atom stereocenters. The third kappa shape index (κ3) is 2.15. The Kier molecular flexibility index (Phi) is 3.32. The Morgan fingerprint density at radius 1 is 1.19 bits per heavy atom. The standard InChI is InChI=1S/C15H15N3O2S/c1-12-14-6-4-8-17(14)9-10-18(12)21(19,20)15-7-3-2-5-13(15)11-16/h2-8,12H,9-10H2,1H3. The molecule has 0 spiro atoms. The summed E-state index contributed by atoms with van der Waals surface area (Å²) in [5, 5.41) is 9.13. The number of fused-ring (bicyclic) bond motifs is 1. The molecule has 108 valence electrons. The fourth-order valence-corrected chi connectivity index (χ4v) is 4.54. The van der Waals surface area contributed by atoms with Gasteiger partial charge in [0.2, 0.25) is 10.0 Å². The summed E-state index contributed by atoms with van der Waals surface area (Å²) in [6, 6.07) is 11.9. The molecule has 0 saturated carbocycles. The summed E-state index contributed by atoms with van der Waals surface area (Å²) in [6.07, 6.45) is 1.96. The lowest BCUT2D eigenvalue weighted by molar-refractivity contribution is 0.282. The van der Waals surface area contributed by atoms with E-state index in [1.165, 1.54) is 16.4 Å². The molecule has 0 aliphatic carbocycles. The van der Waals surface area contributed by atoms with Crippen molar-refractivity contribution in [3.63, 3.8) is 0 Å². The van der Waals surface area contributed by atoms with Gasteiger partial charge in [-0.1, -0.05) is 12.1 Å². The van der Waals surface area contributed by atoms with Crippen molar-refractivity contribution in [3.8, 4) is 6.07 Å². The number of rotatable bonds is 2. The third-order valence-corrected chi connectivity index (χ3v) is 5.91. The Morgan fingerprint density at radius 3 is 2.71 bits per heavy atom. The summed E-state index contributed by atoms with van der Waals surface area (Å²) in [5.41, 5.74) is 1.16. The summed E-state index contributed by atoms with van der Waals surface area (Å²) in [6.45, 7) is 2.91. The molecule has 1 unspecified atom stereocenters. The van der Waals surface area contributed by atoms with E-state index in [0.717, 1.165) is 5.69 Å². The van der Waals surface area contributed by atoms with Crippen molar-refractivity contribution in [2.45, 2.75) is 24.4 Å². The third-order valence-electron chi connectivity index (χ3n) is 3.88. The molecule has 0 amide bonds. The smallest absolute Gasteiger partial charge is 0.245 e. The van der Waals surface area contributed by atoms with Gasteiger partial charge >= 0.3 is 0 Å². The molecular formula is C15H15N3O2S. The van der Waals surface area contributed by atoms with Gasteiger partial charge in [-0.2, -0.15) is 9.57 Å². The molecule has 6 heteroatoms. The zero-order chi connectivity index (χ0) is 15.0. The summed E-state index contributed by atoms with van der Waals surface area (Å²) in [7, 11) is -3.68. The zero-order valence-electron chi connectivity index (χ0n) is 11.6. The molecule has 0 N–H and O–H groups in total. The molecule has 5 nitrogen and oxygen atoms in total. The van der Waals surface area contributed by atoms with Crippen LogP contribution < -0.4 is 0 Å². The lowest BCUT2D eigenvalue weighted by atomic mass is 10.2. The van der Waals surface area contributed by atoms with Gasteiger partial charge in [-0.05, 0) is 31.2 Å². The van der Waals surface area contributed by atoms with Crippen LogP contribution in [0.15, 0.2) is 47.5 Å². The van der Waals surface area contributed by atoms with E-state index in [1.807, 2.05) is 31.3 Å². The largest absolute Gasteiger partial charge is 0.349 e. The number of benzene rings is 1. The van der Waals surface area contributed by atoms with Crippen LogP contribution in [0.5, 0.6) is 0 Å². The van der Waals surface area contributed by atoms with Crippen LogP contribution >= 0.6 is 0 Å². The average Bonchev–Trinajstić information content (AvgIpc) is 2.96. The summed E-state index contributed by atoms with van der Waals surface area (Å²) < 4.78 is 29.3. The van der Waals surface area contributed by atoms with E-state index in [9.17, 15) is 8.42 Å². The van der Waals surface area contributed by atoms with Crippen molar-refractivity contribution in [3.05, 3.63) is 53.9 Å². The monoisotopic (exact) mass is 301 g/mol. The van der Waals surface area contributed by atoms with Gasteiger partial charge in [0.25, 0.3) is 0 Å². The van der Waals surface area contributed by atoms with Crippen molar-refractivity contribution in [2.75, 3.05) is 6.54 Å². The highest BCUT2D eigenvalue weighted by atomic mass is 32.2. The van der Waals surface area contributed by atoms with Gasteiger partial charge in [-0.3, -0.25) is 0 Å². The number of hydrogen-bond acceptors (Lipinski definition) is 3. The minimum atomic E-state index is -3.68. The second-order valence-electron chi connectivity index (χ2n) is 5.03. The van der Waals surface area contributed by atoms with Gasteiger partial charge in [0.1, 0.15) is 6.07 Å². The van der Waals surface area contributed by atoms with E-state index in [0.29, 0.717) is 13.1 Å². The Morgan fingerprint density at radius 2 is 1.95 bits per heavy atom. The fourth-order valence-electron chi connectivity index (χ4n) is 2.80. The van der Waals surface area contributed by atoms with Crippen molar-refractivity contribution in [1.29, 1.82) is 5.26 Å². The molecule has 0 fully saturated rings. The van der Waals surface area contributed by atoms with Crippen LogP contribution in [0.2, 0.25) is 0 Å². The molecule has 2 aromatic rings. The molecule has 1 aromatic carbocycles. The van der Waals surface area contributed by atoms with Crippen LogP contribution in [0.3, 0.4) is 0 Å². The normalized spacial score (nSPS) is 19.0. The van der Waals surface area contributed by atoms with Crippen LogP contribution in [0.1, 0.15) is 24.2 Å². The average molecular weight is 301 g/mol. The SMILES string of the molecule is CC1c2cccn2CCN1S(=O)(=O)c1ccccc1C#N. The number of hydrogen-bond donors (Lipinski definition) is 0. The first-order chi connectivity index (χ1) is 10.1. The van der Waals surface area contributed by atoms with Crippen LogP contribution in [-0.4, -0.2) is 23.8 Å². The molecule has 3 rings (SSSR count). The summed E-state index contributed by atoms with van der Waals surface area (Å²) >= 11 is 0. The van der Waals surface area contributed by atoms with Crippen molar-refractivity contribution in [2.24, 2.45) is 0 Å². The number of aromatic nitrogens is 1. The quantitative estimate of drug-likeness (QED) is 0.853. The lowest BCUT2D eigenvalue weighted by Gasteiger charge is -2.34. The maximum Gasteiger partial charge on any atom is 0.245 e. The predicted octanol–water partition coefficient (Wildman–Crippen LogP) is 2.13. The van der Waals surface area contributed by atoms with Gasteiger partial charge in [-0.15, -0.1) is 0 Å². The fraction of sp³-hybridized carbons (Fsp3) is 0.267. The minimum Gasteiger partial charge on any atom is -0.349 e. The molecule has 2 heterocycles. The summed E-state index contributed by atoms with van der Waals surface area (Å²) in [5.74, 6) is 0. The van der Waals surface area contributed by atoms with Crippen molar-refractivity contribution >= 4 is 10.0 Å². The Hall–Kier alpha value is -2.10. The molecule has 0 saturated heterocycles. The van der Waals surface area contributed by atoms with Gasteiger partial charge in [0.05, 0.1) is 16.5 Å². The first-order valence-corrected chi connectivity index (χ1v) is 8.15. The first kappa shape index (κ1) is 13.9. The predicted molar refractivity (Wildman–Crippen MR) is 77.9 cm³/mol. The lowest BCUT2D eigenvalue weighted by Crippen LogP contribution is -2.40. The van der Waals surface area contributed by atoms with Crippen LogP contribution in [0.25, 0.3) is 0 Å². The molecular weight excluding hydrogens is 286 g/mol. The molecule has 1 aliphatic heterocycles. The zero-order valence-corrected chi connectivity index (χ0v) is 12.4. The Bertz CT molecular complexity index is 817. The first-order valence-electron chi connectivity index (χ1n) is 6.71. The highest BCUT2D eigenvalue weighted by Gasteiger charge is 2.34. The van der Waals surface area contributed by atoms with Crippen molar-refractivity contribution < 1.29 is 8.42 Å². The minimum absolute atomic E-state index is 0.0827. The molecule has 21 heavy (non-hydrogen) atoms. The maximum atomic E-state index is 12.9. The highest BCUT2D eigenvalue weighted by molar-refractivity contribution is 7.89. The molecule has 1 aromatic heterocycles. The number of sulfonamides is 1. The van der Waals surface area contributed by atoms with E-state index in [-0.39, 0.29) is 16.5 Å². The van der Waals surface area contributed by atoms with E-state index in [1.54, 1.807) is 12.1 Å². The highest BCUT2D eigenvalue weighted by Crippen LogP contribution is 2.31. The van der Waals surface area contributed by atoms with E-state index in [4.69, 9.17) is 5.26 Å². The van der Waals surface area contributed by atoms with Crippen LogP contribution in [0.4, 0.5) is 0 Å². The maximum absolute atomic E-state index is 12.9. The van der Waals surface area contributed by atoms with E-state index in [2.05, 4.69) is 4.57 Å². The van der Waals surface area contributed by atoms with Gasteiger partial charge in [-0.25, -0.2) is 8.42 Å². The summed E-state index contributed by atoms with van der Waals surface area (Å²) in [4.78, 5) is 0.0827. The Labute approximate surface area is 124 Å². The second kappa shape index (κ2) is 5.02. The van der Waals surface area contributed by atoms with Gasteiger partial charge < -0.3 is 4.57 Å². The van der Waals surface area contributed by atoms with Crippen molar-refractivity contribution in [1.82, 2.24) is 8.87 Å². The molecule has 1 aliphatic rings. The van der Waals surface area contributed by atoms with Gasteiger partial charge in [0.15, 0.2) is 0 Å². The second-order valence-corrected chi connectivity index (χ2v) is 6.89. The van der Waals surface area contributed by atoms with Crippen LogP contribution in [-0.2, 0) is 16.6 Å². The Balaban J connectivity index is 2.06. The number of nitriles is 1.